The Morgan fingerprint density at radius 2 is 2.04 bits per heavy atom. The van der Waals surface area contributed by atoms with Crippen molar-refractivity contribution >= 4 is 11.9 Å². The lowest BCUT2D eigenvalue weighted by molar-refractivity contribution is -0.125. The summed E-state index contributed by atoms with van der Waals surface area (Å²) >= 11 is 0. The molecule has 0 aromatic heterocycles. The first-order valence-corrected chi connectivity index (χ1v) is 8.26. The first-order chi connectivity index (χ1) is 11.4. The molecule has 0 saturated heterocycles. The number of carbonyl (C=O) groups excluding carboxylic acids is 2. The fraction of sp³-hybridized carbons (Fsp3) is 0.556. The van der Waals surface area contributed by atoms with Crippen LogP contribution in [0.5, 0.6) is 11.5 Å². The third kappa shape index (κ3) is 4.19. The summed E-state index contributed by atoms with van der Waals surface area (Å²) in [5.41, 5.74) is -0.0261. The average Bonchev–Trinajstić information content (AvgIpc) is 2.57. The normalized spacial score (nSPS) is 23.4. The Bertz CT molecular complexity index is 601. The second-order valence-electron chi connectivity index (χ2n) is 6.37. The van der Waals surface area contributed by atoms with E-state index in [-0.39, 0.29) is 35.6 Å². The van der Waals surface area contributed by atoms with E-state index in [0.29, 0.717) is 11.8 Å². The second-order valence-corrected chi connectivity index (χ2v) is 6.37. The van der Waals surface area contributed by atoms with E-state index in [9.17, 15) is 14.7 Å². The molecule has 132 valence electrons. The van der Waals surface area contributed by atoms with Crippen molar-refractivity contribution in [2.24, 2.45) is 11.8 Å². The lowest BCUT2D eigenvalue weighted by Gasteiger charge is -2.34. The molecule has 0 bridgehead atoms. The van der Waals surface area contributed by atoms with Crippen LogP contribution in [-0.2, 0) is 9.53 Å². The minimum atomic E-state index is -0.758. The summed E-state index contributed by atoms with van der Waals surface area (Å²) < 4.78 is 9.95. The van der Waals surface area contributed by atoms with Gasteiger partial charge in [-0.15, -0.1) is 0 Å². The maximum Gasteiger partial charge on any atom is 0.342 e. The van der Waals surface area contributed by atoms with E-state index in [1.165, 1.54) is 25.7 Å². The molecule has 1 aliphatic rings. The Morgan fingerprint density at radius 1 is 1.29 bits per heavy atom. The van der Waals surface area contributed by atoms with E-state index in [0.717, 1.165) is 12.8 Å². The van der Waals surface area contributed by atoms with Crippen molar-refractivity contribution in [3.8, 4) is 11.5 Å². The number of phenolic OH excluding ortho intramolecular Hbond substituents is 1. The molecule has 6 nitrogen and oxygen atoms in total. The molecule has 0 radical (unpaired) electrons. The highest BCUT2D eigenvalue weighted by atomic mass is 16.5. The highest BCUT2D eigenvalue weighted by Crippen LogP contribution is 2.30. The van der Waals surface area contributed by atoms with Crippen LogP contribution in [0.25, 0.3) is 0 Å². The summed E-state index contributed by atoms with van der Waals surface area (Å²) in [5.74, 6) is -0.219. The van der Waals surface area contributed by atoms with Crippen LogP contribution in [0.2, 0.25) is 0 Å². The number of rotatable bonds is 5. The monoisotopic (exact) mass is 335 g/mol. The van der Waals surface area contributed by atoms with E-state index >= 15 is 0 Å². The smallest absolute Gasteiger partial charge is 0.342 e. The maximum absolute atomic E-state index is 12.0. The molecule has 1 aromatic rings. The van der Waals surface area contributed by atoms with Gasteiger partial charge in [-0.3, -0.25) is 4.79 Å². The van der Waals surface area contributed by atoms with E-state index in [1.54, 1.807) is 6.07 Å². The Hall–Kier alpha value is -2.24. The lowest BCUT2D eigenvalue weighted by Crippen LogP contribution is -2.45. The Balaban J connectivity index is 1.88. The van der Waals surface area contributed by atoms with Crippen molar-refractivity contribution in [2.45, 2.75) is 39.2 Å². The van der Waals surface area contributed by atoms with Crippen molar-refractivity contribution in [3.63, 3.8) is 0 Å². The molecule has 0 unspecified atom stereocenters. The van der Waals surface area contributed by atoms with Gasteiger partial charge in [-0.1, -0.05) is 32.8 Å². The highest BCUT2D eigenvalue weighted by molar-refractivity contribution is 5.94. The fourth-order valence-electron chi connectivity index (χ4n) is 3.09. The molecule has 6 heteroatoms. The van der Waals surface area contributed by atoms with E-state index < -0.39 is 5.97 Å². The molecular weight excluding hydrogens is 310 g/mol. The van der Waals surface area contributed by atoms with Gasteiger partial charge in [0.25, 0.3) is 5.91 Å². The number of amides is 1. The van der Waals surface area contributed by atoms with Gasteiger partial charge >= 0.3 is 5.97 Å². The van der Waals surface area contributed by atoms with Crippen LogP contribution in [0.3, 0.4) is 0 Å². The largest absolute Gasteiger partial charge is 0.504 e. The van der Waals surface area contributed by atoms with Gasteiger partial charge in [0, 0.05) is 6.04 Å². The number of aromatic hydroxyl groups is 1. The standard InChI is InChI=1S/C18H25NO5/c1-11-6-4-8-14(12(11)2)19-16(20)10-24-18(22)13-7-5-9-15(23-3)17(13)21/h5,7,9,11-12,14,21H,4,6,8,10H2,1-3H3,(H,19,20)/t11-,12-,14+/m1/s1. The molecule has 0 heterocycles. The Kier molecular flexibility index (Phi) is 6.06. The lowest BCUT2D eigenvalue weighted by atomic mass is 9.78. The number of methoxy groups -OCH3 is 1. The second kappa shape index (κ2) is 8.04. The van der Waals surface area contributed by atoms with Crippen molar-refractivity contribution in [1.82, 2.24) is 5.32 Å². The molecule has 1 aromatic carbocycles. The third-order valence-electron chi connectivity index (χ3n) is 4.83. The molecule has 3 atom stereocenters. The van der Waals surface area contributed by atoms with Crippen LogP contribution in [0.4, 0.5) is 0 Å². The average molecular weight is 335 g/mol. The first-order valence-electron chi connectivity index (χ1n) is 8.26. The van der Waals surface area contributed by atoms with E-state index in [2.05, 4.69) is 19.2 Å². The zero-order chi connectivity index (χ0) is 17.7. The fourth-order valence-corrected chi connectivity index (χ4v) is 3.09. The van der Waals surface area contributed by atoms with Gasteiger partial charge in [-0.05, 0) is 30.4 Å². The molecule has 24 heavy (non-hydrogen) atoms. The quantitative estimate of drug-likeness (QED) is 0.808. The molecule has 2 rings (SSSR count). The molecule has 1 fully saturated rings. The van der Waals surface area contributed by atoms with E-state index in [1.807, 2.05) is 0 Å². The molecule has 1 aliphatic carbocycles. The Labute approximate surface area is 142 Å². The summed E-state index contributed by atoms with van der Waals surface area (Å²) in [7, 11) is 1.39. The number of para-hydroxylation sites is 1. The van der Waals surface area contributed by atoms with Crippen LogP contribution in [-0.4, -0.2) is 36.7 Å². The van der Waals surface area contributed by atoms with Gasteiger partial charge in [0.2, 0.25) is 0 Å². The summed E-state index contributed by atoms with van der Waals surface area (Å²) in [6, 6.07) is 4.64. The van der Waals surface area contributed by atoms with Gasteiger partial charge in [0.1, 0.15) is 5.56 Å². The number of hydrogen-bond acceptors (Lipinski definition) is 5. The topological polar surface area (TPSA) is 84.9 Å². The zero-order valence-corrected chi connectivity index (χ0v) is 14.4. The van der Waals surface area contributed by atoms with Gasteiger partial charge < -0.3 is 19.9 Å². The molecular formula is C18H25NO5. The van der Waals surface area contributed by atoms with Crippen molar-refractivity contribution in [3.05, 3.63) is 23.8 Å². The molecule has 0 spiro atoms. The molecule has 0 aliphatic heterocycles. The van der Waals surface area contributed by atoms with E-state index in [4.69, 9.17) is 9.47 Å². The SMILES string of the molecule is COc1cccc(C(=O)OCC(=O)N[C@H]2CCC[C@@H](C)[C@H]2C)c1O. The highest BCUT2D eigenvalue weighted by Gasteiger charge is 2.28. The minimum absolute atomic E-state index is 0.0261. The Morgan fingerprint density at radius 3 is 2.75 bits per heavy atom. The van der Waals surface area contributed by atoms with Crippen molar-refractivity contribution < 1.29 is 24.2 Å². The van der Waals surface area contributed by atoms with Crippen LogP contribution in [0.1, 0.15) is 43.5 Å². The summed E-state index contributed by atoms with van der Waals surface area (Å²) in [6.07, 6.45) is 3.22. The number of esters is 1. The predicted octanol–water partition coefficient (Wildman–Crippen LogP) is 2.50. The third-order valence-corrected chi connectivity index (χ3v) is 4.83. The van der Waals surface area contributed by atoms with Gasteiger partial charge in [-0.25, -0.2) is 4.79 Å². The van der Waals surface area contributed by atoms with Crippen LogP contribution < -0.4 is 10.1 Å². The number of phenols is 1. The van der Waals surface area contributed by atoms with Crippen LogP contribution in [0.15, 0.2) is 18.2 Å². The van der Waals surface area contributed by atoms with Gasteiger partial charge in [0.15, 0.2) is 18.1 Å². The van der Waals surface area contributed by atoms with Crippen molar-refractivity contribution in [2.75, 3.05) is 13.7 Å². The molecule has 2 N–H and O–H groups in total. The van der Waals surface area contributed by atoms with Crippen molar-refractivity contribution in [1.29, 1.82) is 0 Å². The number of ether oxygens (including phenoxy) is 2. The summed E-state index contributed by atoms with van der Waals surface area (Å²) in [5, 5.41) is 12.9. The number of nitrogens with one attached hydrogen (secondary N) is 1. The van der Waals surface area contributed by atoms with Crippen LogP contribution in [0, 0.1) is 11.8 Å². The van der Waals surface area contributed by atoms with Crippen LogP contribution >= 0.6 is 0 Å². The summed E-state index contributed by atoms with van der Waals surface area (Å²) in [4.78, 5) is 24.1. The zero-order valence-electron chi connectivity index (χ0n) is 14.4. The van der Waals surface area contributed by atoms with Gasteiger partial charge in [-0.2, -0.15) is 0 Å². The first kappa shape index (κ1) is 18.1. The maximum atomic E-state index is 12.0. The number of benzene rings is 1. The molecule has 1 amide bonds. The minimum Gasteiger partial charge on any atom is -0.504 e. The van der Waals surface area contributed by atoms with Gasteiger partial charge in [0.05, 0.1) is 7.11 Å². The summed E-state index contributed by atoms with van der Waals surface area (Å²) in [6.45, 7) is 3.96. The number of hydrogen-bond donors (Lipinski definition) is 2. The number of carbonyl (C=O) groups is 2. The molecule has 1 saturated carbocycles. The predicted molar refractivity (Wildman–Crippen MR) is 89.1 cm³/mol.